The number of aromatic nitrogens is 2. The highest BCUT2D eigenvalue weighted by Gasteiger charge is 2.26. The second-order valence-electron chi connectivity index (χ2n) is 7.91. The van der Waals surface area contributed by atoms with Gasteiger partial charge in [0.1, 0.15) is 12.1 Å². The first-order valence-corrected chi connectivity index (χ1v) is 12.2. The van der Waals surface area contributed by atoms with Gasteiger partial charge in [0.15, 0.2) is 0 Å². The van der Waals surface area contributed by atoms with Crippen molar-refractivity contribution in [3.8, 4) is 0 Å². The number of hydrogen-bond donors (Lipinski definition) is 2. The maximum absolute atomic E-state index is 12.8. The normalized spacial score (nSPS) is 15.6. The van der Waals surface area contributed by atoms with Gasteiger partial charge in [-0.3, -0.25) is 9.52 Å². The predicted molar refractivity (Wildman–Crippen MR) is 125 cm³/mol. The first kappa shape index (κ1) is 22.0. The van der Waals surface area contributed by atoms with Crippen molar-refractivity contribution in [3.63, 3.8) is 0 Å². The molecule has 1 atom stereocenters. The Hall–Kier alpha value is -3.24. The minimum absolute atomic E-state index is 0.0549. The van der Waals surface area contributed by atoms with E-state index in [4.69, 9.17) is 5.73 Å². The van der Waals surface area contributed by atoms with E-state index in [2.05, 4.69) is 19.6 Å². The molecule has 0 saturated carbocycles. The van der Waals surface area contributed by atoms with Crippen LogP contribution in [0.5, 0.6) is 0 Å². The number of rotatable bonds is 6. The zero-order chi connectivity index (χ0) is 22.7. The summed E-state index contributed by atoms with van der Waals surface area (Å²) in [4.78, 5) is 25.4. The fourth-order valence-corrected chi connectivity index (χ4v) is 4.46. The average molecular weight is 455 g/mol. The number of nitrogens with zero attached hydrogens (tertiary/aromatic N) is 4. The van der Waals surface area contributed by atoms with Crippen LogP contribution in [0, 0.1) is 0 Å². The molecule has 1 fully saturated rings. The number of nitrogens with one attached hydrogen (secondary N) is 1. The number of carbonyl (C=O) groups excluding carboxylic acids is 1. The van der Waals surface area contributed by atoms with Crippen LogP contribution in [-0.4, -0.2) is 67.7 Å². The van der Waals surface area contributed by atoms with E-state index in [9.17, 15) is 13.2 Å². The Morgan fingerprint density at radius 2 is 1.81 bits per heavy atom. The van der Waals surface area contributed by atoms with E-state index in [1.165, 1.54) is 6.33 Å². The van der Waals surface area contributed by atoms with Crippen LogP contribution in [0.15, 0.2) is 54.9 Å². The largest absolute Gasteiger partial charge is 0.352 e. The highest BCUT2D eigenvalue weighted by atomic mass is 32.2. The number of hydrogen-bond acceptors (Lipinski definition) is 7. The molecular weight excluding hydrogens is 428 g/mol. The van der Waals surface area contributed by atoms with Crippen LogP contribution < -0.4 is 15.4 Å². The van der Waals surface area contributed by atoms with Crippen molar-refractivity contribution in [1.82, 2.24) is 14.9 Å². The summed E-state index contributed by atoms with van der Waals surface area (Å²) >= 11 is 0. The van der Waals surface area contributed by atoms with Gasteiger partial charge < -0.3 is 15.5 Å². The zero-order valence-corrected chi connectivity index (χ0v) is 18.6. The van der Waals surface area contributed by atoms with E-state index in [0.29, 0.717) is 44.1 Å². The standard InChI is InChI=1S/C22H26N6O3S/c1-32(30,31)26-17-7-8-20-18(14-17)21(25-15-24-20)27-9-11-28(12-10-27)22(29)19(23)13-16-5-3-2-4-6-16/h2-8,14-15,19,26H,9-13,23H2,1H3. The topological polar surface area (TPSA) is 122 Å². The molecule has 1 aliphatic heterocycles. The molecule has 10 heteroatoms. The summed E-state index contributed by atoms with van der Waals surface area (Å²) in [5.41, 5.74) is 8.40. The highest BCUT2D eigenvalue weighted by molar-refractivity contribution is 7.92. The molecule has 0 radical (unpaired) electrons. The maximum Gasteiger partial charge on any atom is 0.239 e. The van der Waals surface area contributed by atoms with E-state index in [1.54, 1.807) is 23.1 Å². The number of piperazine rings is 1. The van der Waals surface area contributed by atoms with Crippen LogP contribution in [0.4, 0.5) is 11.5 Å². The molecule has 0 spiro atoms. The third-order valence-electron chi connectivity index (χ3n) is 5.42. The van der Waals surface area contributed by atoms with Crippen LogP contribution in [0.2, 0.25) is 0 Å². The minimum Gasteiger partial charge on any atom is -0.352 e. The molecule has 2 aromatic carbocycles. The molecule has 1 aliphatic rings. The van der Waals surface area contributed by atoms with Crippen LogP contribution in [0.25, 0.3) is 10.9 Å². The average Bonchev–Trinajstić information content (AvgIpc) is 2.78. The minimum atomic E-state index is -3.39. The lowest BCUT2D eigenvalue weighted by atomic mass is 10.1. The monoisotopic (exact) mass is 454 g/mol. The van der Waals surface area contributed by atoms with E-state index >= 15 is 0 Å². The Morgan fingerprint density at radius 1 is 1.09 bits per heavy atom. The number of anilines is 2. The van der Waals surface area contributed by atoms with Gasteiger partial charge in [-0.1, -0.05) is 30.3 Å². The van der Waals surface area contributed by atoms with Crippen LogP contribution in [0.1, 0.15) is 5.56 Å². The molecule has 3 aromatic rings. The Balaban J connectivity index is 1.45. The number of fused-ring (bicyclic) bond motifs is 1. The molecule has 1 unspecified atom stereocenters. The van der Waals surface area contributed by atoms with Crippen molar-refractivity contribution in [2.75, 3.05) is 42.1 Å². The van der Waals surface area contributed by atoms with Crippen molar-refractivity contribution >= 4 is 38.3 Å². The summed E-state index contributed by atoms with van der Waals surface area (Å²) in [6, 6.07) is 14.3. The molecule has 1 aromatic heterocycles. The molecule has 1 saturated heterocycles. The highest BCUT2D eigenvalue weighted by Crippen LogP contribution is 2.27. The Kier molecular flexibility index (Phi) is 6.24. The van der Waals surface area contributed by atoms with Gasteiger partial charge in [-0.15, -0.1) is 0 Å². The fourth-order valence-electron chi connectivity index (χ4n) is 3.90. The van der Waals surface area contributed by atoms with Gasteiger partial charge in [-0.25, -0.2) is 18.4 Å². The number of amides is 1. The third kappa shape index (κ3) is 5.14. The van der Waals surface area contributed by atoms with E-state index in [-0.39, 0.29) is 5.91 Å². The summed E-state index contributed by atoms with van der Waals surface area (Å²) in [6.45, 7) is 2.27. The van der Waals surface area contributed by atoms with E-state index in [0.717, 1.165) is 22.7 Å². The molecule has 2 heterocycles. The smallest absolute Gasteiger partial charge is 0.239 e. The zero-order valence-electron chi connectivity index (χ0n) is 17.8. The van der Waals surface area contributed by atoms with Crippen molar-refractivity contribution in [2.24, 2.45) is 5.73 Å². The summed E-state index contributed by atoms with van der Waals surface area (Å²) in [6.07, 6.45) is 3.11. The maximum atomic E-state index is 12.8. The quantitative estimate of drug-likeness (QED) is 0.574. The Morgan fingerprint density at radius 3 is 2.50 bits per heavy atom. The molecular formula is C22H26N6O3S. The first-order chi connectivity index (χ1) is 15.3. The fraction of sp³-hybridized carbons (Fsp3) is 0.318. The van der Waals surface area contributed by atoms with Gasteiger partial charge in [0, 0.05) is 37.3 Å². The van der Waals surface area contributed by atoms with Crippen molar-refractivity contribution in [3.05, 3.63) is 60.4 Å². The summed E-state index contributed by atoms with van der Waals surface area (Å²) in [5.74, 6) is 0.661. The molecule has 3 N–H and O–H groups in total. The SMILES string of the molecule is CS(=O)(=O)Nc1ccc2ncnc(N3CCN(C(=O)C(N)Cc4ccccc4)CC3)c2c1. The van der Waals surface area contributed by atoms with Gasteiger partial charge in [-0.2, -0.15) is 0 Å². The molecule has 168 valence electrons. The van der Waals surface area contributed by atoms with Crippen molar-refractivity contribution in [1.29, 1.82) is 0 Å². The Labute approximate surface area is 187 Å². The molecule has 9 nitrogen and oxygen atoms in total. The third-order valence-corrected chi connectivity index (χ3v) is 6.03. The number of carbonyl (C=O) groups is 1. The van der Waals surface area contributed by atoms with Crippen molar-refractivity contribution < 1.29 is 13.2 Å². The first-order valence-electron chi connectivity index (χ1n) is 10.4. The lowest BCUT2D eigenvalue weighted by Crippen LogP contribution is -2.53. The molecule has 1 amide bonds. The van der Waals surface area contributed by atoms with Gasteiger partial charge in [-0.05, 0) is 30.2 Å². The lowest BCUT2D eigenvalue weighted by Gasteiger charge is -2.36. The lowest BCUT2D eigenvalue weighted by molar-refractivity contribution is -0.132. The van der Waals surface area contributed by atoms with E-state index in [1.807, 2.05) is 30.3 Å². The molecule has 0 aliphatic carbocycles. The summed E-state index contributed by atoms with van der Waals surface area (Å²) < 4.78 is 25.7. The van der Waals surface area contributed by atoms with Gasteiger partial charge >= 0.3 is 0 Å². The summed E-state index contributed by atoms with van der Waals surface area (Å²) in [5, 5.41) is 0.752. The van der Waals surface area contributed by atoms with Crippen LogP contribution in [0.3, 0.4) is 0 Å². The second-order valence-corrected chi connectivity index (χ2v) is 9.66. The van der Waals surface area contributed by atoms with Gasteiger partial charge in [0.05, 0.1) is 17.8 Å². The van der Waals surface area contributed by atoms with Crippen LogP contribution in [-0.2, 0) is 21.2 Å². The van der Waals surface area contributed by atoms with Gasteiger partial charge in [0.25, 0.3) is 0 Å². The number of nitrogens with two attached hydrogens (primary N) is 1. The van der Waals surface area contributed by atoms with Crippen molar-refractivity contribution in [2.45, 2.75) is 12.5 Å². The number of benzene rings is 2. The second kappa shape index (κ2) is 9.09. The Bertz CT molecular complexity index is 1210. The number of sulfonamides is 1. The van der Waals surface area contributed by atoms with E-state index < -0.39 is 16.1 Å². The molecule has 4 rings (SSSR count). The van der Waals surface area contributed by atoms with Crippen LogP contribution >= 0.6 is 0 Å². The summed E-state index contributed by atoms with van der Waals surface area (Å²) in [7, 11) is -3.39. The van der Waals surface area contributed by atoms with Gasteiger partial charge in [0.2, 0.25) is 15.9 Å². The predicted octanol–water partition coefficient (Wildman–Crippen LogP) is 1.22. The molecule has 32 heavy (non-hydrogen) atoms. The molecule has 0 bridgehead atoms.